The number of nitrogens with zero attached hydrogens (tertiary/aromatic N) is 1. The van der Waals surface area contributed by atoms with Gasteiger partial charge in [0.1, 0.15) is 0 Å². The van der Waals surface area contributed by atoms with Gasteiger partial charge in [0.15, 0.2) is 11.5 Å². The molecule has 158 valence electrons. The Morgan fingerprint density at radius 3 is 2.59 bits per heavy atom. The molecule has 2 aromatic rings. The van der Waals surface area contributed by atoms with Crippen molar-refractivity contribution in [2.75, 3.05) is 33.1 Å². The smallest absolute Gasteiger partial charge is 0.240 e. The Morgan fingerprint density at radius 1 is 1.17 bits per heavy atom. The van der Waals surface area contributed by atoms with Crippen LogP contribution in [0.2, 0.25) is 0 Å². The fourth-order valence-electron chi connectivity index (χ4n) is 3.68. The summed E-state index contributed by atoms with van der Waals surface area (Å²) in [5.41, 5.74) is 3.15. The minimum absolute atomic E-state index is 0.0701. The molecule has 0 saturated carbocycles. The summed E-state index contributed by atoms with van der Waals surface area (Å²) in [5.74, 6) is 0.861. The van der Waals surface area contributed by atoms with Gasteiger partial charge in [0.2, 0.25) is 10.0 Å². The van der Waals surface area contributed by atoms with Crippen LogP contribution in [0, 0.1) is 6.92 Å². The minimum atomic E-state index is -3.62. The van der Waals surface area contributed by atoms with E-state index in [4.69, 9.17) is 9.47 Å². The lowest BCUT2D eigenvalue weighted by Gasteiger charge is -2.28. The van der Waals surface area contributed by atoms with Gasteiger partial charge in [-0.05, 0) is 44.0 Å². The van der Waals surface area contributed by atoms with Crippen molar-refractivity contribution in [3.63, 3.8) is 0 Å². The topological polar surface area (TPSA) is 79.9 Å². The first kappa shape index (κ1) is 21.4. The lowest BCUT2D eigenvalue weighted by atomic mass is 10.1. The molecule has 0 radical (unpaired) electrons. The van der Waals surface area contributed by atoms with Crippen molar-refractivity contribution in [1.82, 2.24) is 9.62 Å². The predicted octanol–water partition coefficient (Wildman–Crippen LogP) is 2.95. The predicted molar refractivity (Wildman–Crippen MR) is 114 cm³/mol. The lowest BCUT2D eigenvalue weighted by Crippen LogP contribution is -2.35. The number of anilines is 1. The van der Waals surface area contributed by atoms with Gasteiger partial charge in [-0.25, -0.2) is 13.1 Å². The summed E-state index contributed by atoms with van der Waals surface area (Å²) in [6.45, 7) is 3.92. The molecule has 3 rings (SSSR count). The van der Waals surface area contributed by atoms with E-state index < -0.39 is 10.0 Å². The number of likely N-dealkylation sites (tertiary alicyclic amines) is 1. The van der Waals surface area contributed by atoms with Crippen LogP contribution in [0.5, 0.6) is 11.5 Å². The van der Waals surface area contributed by atoms with E-state index in [0.29, 0.717) is 17.2 Å². The van der Waals surface area contributed by atoms with Crippen LogP contribution in [0.4, 0.5) is 5.69 Å². The maximum Gasteiger partial charge on any atom is 0.240 e. The molecule has 2 aromatic carbocycles. The molecule has 1 saturated heterocycles. The van der Waals surface area contributed by atoms with Crippen molar-refractivity contribution in [2.45, 2.75) is 37.4 Å². The van der Waals surface area contributed by atoms with Crippen LogP contribution in [-0.2, 0) is 16.6 Å². The summed E-state index contributed by atoms with van der Waals surface area (Å²) in [6.07, 6.45) is 2.10. The van der Waals surface area contributed by atoms with E-state index in [-0.39, 0.29) is 11.1 Å². The van der Waals surface area contributed by atoms with Crippen molar-refractivity contribution in [3.05, 3.63) is 47.5 Å². The minimum Gasteiger partial charge on any atom is -0.493 e. The molecule has 7 nitrogen and oxygen atoms in total. The molecule has 0 aliphatic carbocycles. The van der Waals surface area contributed by atoms with E-state index >= 15 is 0 Å². The zero-order valence-corrected chi connectivity index (χ0v) is 18.2. The second-order valence-corrected chi connectivity index (χ2v) is 9.00. The molecule has 8 heteroatoms. The number of aryl methyl sites for hydroxylation is 1. The van der Waals surface area contributed by atoms with Gasteiger partial charge in [-0.1, -0.05) is 24.3 Å². The SMILES string of the molecule is CNS(=O)(=O)c1cc(NC2CCCN2Cc2ccccc2C)c(OC)c(OC)c1. The number of ether oxygens (including phenoxy) is 2. The van der Waals surface area contributed by atoms with Crippen molar-refractivity contribution >= 4 is 15.7 Å². The number of methoxy groups -OCH3 is 2. The Balaban J connectivity index is 1.91. The van der Waals surface area contributed by atoms with E-state index in [1.54, 1.807) is 13.2 Å². The van der Waals surface area contributed by atoms with Crippen LogP contribution >= 0.6 is 0 Å². The van der Waals surface area contributed by atoms with Crippen LogP contribution in [0.15, 0.2) is 41.3 Å². The van der Waals surface area contributed by atoms with Crippen LogP contribution in [-0.4, -0.2) is 47.3 Å². The van der Waals surface area contributed by atoms with Crippen molar-refractivity contribution in [2.24, 2.45) is 0 Å². The summed E-state index contributed by atoms with van der Waals surface area (Å²) < 4.78 is 38.0. The van der Waals surface area contributed by atoms with Crippen LogP contribution in [0.1, 0.15) is 24.0 Å². The molecule has 1 fully saturated rings. The third-order valence-electron chi connectivity index (χ3n) is 5.35. The molecular formula is C21H29N3O4S. The van der Waals surface area contributed by atoms with Crippen molar-refractivity contribution in [3.8, 4) is 11.5 Å². The van der Waals surface area contributed by atoms with Gasteiger partial charge in [-0.2, -0.15) is 0 Å². The number of benzene rings is 2. The first-order chi connectivity index (χ1) is 13.9. The van der Waals surface area contributed by atoms with E-state index in [0.717, 1.165) is 25.9 Å². The molecular weight excluding hydrogens is 390 g/mol. The molecule has 0 spiro atoms. The van der Waals surface area contributed by atoms with Crippen molar-refractivity contribution in [1.29, 1.82) is 0 Å². The average Bonchev–Trinajstić information content (AvgIpc) is 3.15. The molecule has 1 heterocycles. The highest BCUT2D eigenvalue weighted by molar-refractivity contribution is 7.89. The zero-order chi connectivity index (χ0) is 21.0. The van der Waals surface area contributed by atoms with Gasteiger partial charge in [-0.3, -0.25) is 4.90 Å². The Hall–Kier alpha value is -2.29. The third kappa shape index (κ3) is 4.66. The third-order valence-corrected chi connectivity index (χ3v) is 6.75. The standard InChI is InChI=1S/C21H29N3O4S/c1-15-8-5-6-9-16(15)14-24-11-7-10-20(24)23-18-12-17(29(25,26)22-2)13-19(27-3)21(18)28-4/h5-6,8-9,12-13,20,22-23H,7,10-11,14H2,1-4H3. The highest BCUT2D eigenvalue weighted by atomic mass is 32.2. The van der Waals surface area contributed by atoms with E-state index in [1.165, 1.54) is 31.4 Å². The summed E-state index contributed by atoms with van der Waals surface area (Å²) in [4.78, 5) is 2.50. The van der Waals surface area contributed by atoms with Gasteiger partial charge < -0.3 is 14.8 Å². The zero-order valence-electron chi connectivity index (χ0n) is 17.4. The summed E-state index contributed by atoms with van der Waals surface area (Å²) >= 11 is 0. The molecule has 1 unspecified atom stereocenters. The maximum atomic E-state index is 12.4. The fraction of sp³-hybridized carbons (Fsp3) is 0.429. The second kappa shape index (κ2) is 9.02. The van der Waals surface area contributed by atoms with Gasteiger partial charge in [0.05, 0.1) is 31.0 Å². The van der Waals surface area contributed by atoms with Gasteiger partial charge >= 0.3 is 0 Å². The van der Waals surface area contributed by atoms with Gasteiger partial charge in [-0.15, -0.1) is 0 Å². The fourth-order valence-corrected chi connectivity index (χ4v) is 4.45. The van der Waals surface area contributed by atoms with Gasteiger partial charge in [0, 0.05) is 19.2 Å². The Morgan fingerprint density at radius 2 is 1.93 bits per heavy atom. The van der Waals surface area contributed by atoms with Gasteiger partial charge in [0.25, 0.3) is 0 Å². The van der Waals surface area contributed by atoms with E-state index in [1.807, 2.05) is 6.07 Å². The Labute approximate surface area is 173 Å². The summed E-state index contributed by atoms with van der Waals surface area (Å²) in [6, 6.07) is 11.4. The van der Waals surface area contributed by atoms with Crippen LogP contribution < -0.4 is 19.5 Å². The van der Waals surface area contributed by atoms with Crippen molar-refractivity contribution < 1.29 is 17.9 Å². The second-order valence-electron chi connectivity index (χ2n) is 7.11. The lowest BCUT2D eigenvalue weighted by molar-refractivity contribution is 0.265. The highest BCUT2D eigenvalue weighted by Gasteiger charge is 2.27. The number of sulfonamides is 1. The van der Waals surface area contributed by atoms with Crippen LogP contribution in [0.25, 0.3) is 0 Å². The molecule has 1 aliphatic rings. The number of hydrogen-bond donors (Lipinski definition) is 2. The molecule has 0 aromatic heterocycles. The molecule has 29 heavy (non-hydrogen) atoms. The van der Waals surface area contributed by atoms with E-state index in [2.05, 4.69) is 40.1 Å². The monoisotopic (exact) mass is 419 g/mol. The number of rotatable bonds is 8. The maximum absolute atomic E-state index is 12.4. The highest BCUT2D eigenvalue weighted by Crippen LogP contribution is 2.39. The number of nitrogens with one attached hydrogen (secondary N) is 2. The quantitative estimate of drug-likeness (QED) is 0.685. The number of hydrogen-bond acceptors (Lipinski definition) is 6. The first-order valence-corrected chi connectivity index (χ1v) is 11.1. The summed E-state index contributed by atoms with van der Waals surface area (Å²) in [5, 5.41) is 3.49. The van der Waals surface area contributed by atoms with Crippen LogP contribution in [0.3, 0.4) is 0 Å². The Bertz CT molecular complexity index is 962. The Kier molecular flexibility index (Phi) is 6.66. The van der Waals surface area contributed by atoms with E-state index in [9.17, 15) is 8.42 Å². The molecule has 1 aliphatic heterocycles. The molecule has 1 atom stereocenters. The largest absolute Gasteiger partial charge is 0.493 e. The molecule has 0 amide bonds. The first-order valence-electron chi connectivity index (χ1n) is 9.64. The summed E-state index contributed by atoms with van der Waals surface area (Å²) in [7, 11) is 0.818. The molecule has 0 bridgehead atoms. The normalized spacial score (nSPS) is 17.3. The molecule has 2 N–H and O–H groups in total. The average molecular weight is 420 g/mol.